The summed E-state index contributed by atoms with van der Waals surface area (Å²) in [5.74, 6) is -3.36. The number of nitrogens with zero attached hydrogens (tertiary/aromatic N) is 3. The van der Waals surface area contributed by atoms with Crippen LogP contribution in [0, 0.1) is 16.0 Å². The van der Waals surface area contributed by atoms with Gasteiger partial charge in [0.25, 0.3) is 0 Å². The highest BCUT2D eigenvalue weighted by molar-refractivity contribution is 5.83. The van der Waals surface area contributed by atoms with Crippen LogP contribution in [-0.2, 0) is 22.2 Å². The van der Waals surface area contributed by atoms with Gasteiger partial charge in [0, 0.05) is 13.0 Å². The van der Waals surface area contributed by atoms with Crippen LogP contribution in [0.15, 0.2) is 6.20 Å². The van der Waals surface area contributed by atoms with Gasteiger partial charge in [-0.25, -0.2) is 0 Å². The van der Waals surface area contributed by atoms with E-state index in [2.05, 4.69) is 10.4 Å². The van der Waals surface area contributed by atoms with Gasteiger partial charge in [-0.2, -0.15) is 18.3 Å². The van der Waals surface area contributed by atoms with Gasteiger partial charge in [-0.15, -0.1) is 0 Å². The third-order valence-electron chi connectivity index (χ3n) is 4.26. The number of hydrogen-bond donors (Lipinski definition) is 2. The van der Waals surface area contributed by atoms with Crippen molar-refractivity contribution in [3.8, 4) is 0 Å². The summed E-state index contributed by atoms with van der Waals surface area (Å²) in [4.78, 5) is 33.7. The Balaban J connectivity index is 2.67. The molecule has 1 unspecified atom stereocenters. The van der Waals surface area contributed by atoms with E-state index in [9.17, 15) is 32.9 Å². The van der Waals surface area contributed by atoms with Crippen LogP contribution in [-0.4, -0.2) is 46.2 Å². The lowest BCUT2D eigenvalue weighted by Crippen LogP contribution is -2.56. The fraction of sp³-hybridized carbons (Fsp3) is 0.615. The Morgan fingerprint density at radius 3 is 2.80 bits per heavy atom. The van der Waals surface area contributed by atoms with Crippen LogP contribution in [0.1, 0.15) is 18.5 Å². The first-order valence-corrected chi connectivity index (χ1v) is 7.35. The summed E-state index contributed by atoms with van der Waals surface area (Å²) in [5.41, 5.74) is -2.69. The van der Waals surface area contributed by atoms with Gasteiger partial charge < -0.3 is 15.4 Å². The third-order valence-corrected chi connectivity index (χ3v) is 4.26. The summed E-state index contributed by atoms with van der Waals surface area (Å²) >= 11 is 0. The van der Waals surface area contributed by atoms with E-state index in [-0.39, 0.29) is 25.1 Å². The molecular formula is C13H16F3N5O4. The molecule has 0 aromatic carbocycles. The number of alkyl halides is 3. The molecule has 1 saturated heterocycles. The SMILES string of the molecule is Cn1ncc([N+](=O)[O-])c1[C@@]1(NC(=O)C(F)(F)F)CCNCCC1C=O. The Morgan fingerprint density at radius 2 is 2.24 bits per heavy atom. The molecule has 2 atom stereocenters. The van der Waals surface area contributed by atoms with E-state index in [0.29, 0.717) is 12.8 Å². The average Bonchev–Trinajstić information content (AvgIpc) is 2.79. The maximum Gasteiger partial charge on any atom is 0.471 e. The maximum absolute atomic E-state index is 12.8. The van der Waals surface area contributed by atoms with E-state index >= 15 is 0 Å². The van der Waals surface area contributed by atoms with Gasteiger partial charge in [-0.3, -0.25) is 19.6 Å². The van der Waals surface area contributed by atoms with Gasteiger partial charge in [0.2, 0.25) is 0 Å². The minimum absolute atomic E-state index is 0.101. The van der Waals surface area contributed by atoms with E-state index in [4.69, 9.17) is 0 Å². The van der Waals surface area contributed by atoms with Crippen LogP contribution < -0.4 is 10.6 Å². The van der Waals surface area contributed by atoms with Crippen molar-refractivity contribution in [3.05, 3.63) is 22.0 Å². The quantitative estimate of drug-likeness (QED) is 0.454. The number of nitro groups is 1. The predicted octanol–water partition coefficient (Wildman–Crippen LogP) is 0.401. The molecule has 1 amide bonds. The van der Waals surface area contributed by atoms with Crippen molar-refractivity contribution in [1.82, 2.24) is 20.4 Å². The number of rotatable bonds is 4. The minimum atomic E-state index is -5.20. The Morgan fingerprint density at radius 1 is 1.56 bits per heavy atom. The van der Waals surface area contributed by atoms with Gasteiger partial charge in [-0.05, 0) is 25.9 Å². The van der Waals surface area contributed by atoms with Crippen molar-refractivity contribution in [1.29, 1.82) is 0 Å². The second kappa shape index (κ2) is 6.78. The number of carbonyl (C=O) groups excluding carboxylic acids is 2. The van der Waals surface area contributed by atoms with Gasteiger partial charge in [0.15, 0.2) is 0 Å². The number of amides is 1. The van der Waals surface area contributed by atoms with Crippen molar-refractivity contribution in [2.45, 2.75) is 24.6 Å². The molecular weight excluding hydrogens is 347 g/mol. The zero-order valence-electron chi connectivity index (χ0n) is 13.2. The molecule has 0 saturated carbocycles. The lowest BCUT2D eigenvalue weighted by molar-refractivity contribution is -0.386. The molecule has 138 valence electrons. The molecule has 1 aliphatic rings. The van der Waals surface area contributed by atoms with Crippen molar-refractivity contribution in [3.63, 3.8) is 0 Å². The van der Waals surface area contributed by atoms with Gasteiger partial charge in [0.05, 0.1) is 10.5 Å². The first kappa shape index (κ1) is 18.8. The molecule has 12 heteroatoms. The largest absolute Gasteiger partial charge is 0.471 e. The number of aldehydes is 1. The average molecular weight is 363 g/mol. The smallest absolute Gasteiger partial charge is 0.336 e. The molecule has 0 spiro atoms. The Hall–Kier alpha value is -2.50. The van der Waals surface area contributed by atoms with Crippen LogP contribution in [0.25, 0.3) is 0 Å². The molecule has 1 aromatic heterocycles. The molecule has 0 bridgehead atoms. The highest BCUT2D eigenvalue weighted by Crippen LogP contribution is 2.40. The number of nitrogens with one attached hydrogen (secondary N) is 2. The van der Waals surface area contributed by atoms with Crippen LogP contribution in [0.5, 0.6) is 0 Å². The van der Waals surface area contributed by atoms with Crippen LogP contribution in [0.2, 0.25) is 0 Å². The van der Waals surface area contributed by atoms with Crippen LogP contribution >= 0.6 is 0 Å². The maximum atomic E-state index is 12.8. The fourth-order valence-electron chi connectivity index (χ4n) is 3.14. The summed E-state index contributed by atoms with van der Waals surface area (Å²) in [6.07, 6.45) is -3.94. The Labute approximate surface area is 139 Å². The van der Waals surface area contributed by atoms with E-state index in [1.165, 1.54) is 7.05 Å². The Bertz CT molecular complexity index is 690. The molecule has 2 heterocycles. The highest BCUT2D eigenvalue weighted by atomic mass is 19.4. The fourth-order valence-corrected chi connectivity index (χ4v) is 3.14. The number of aryl methyl sites for hydroxylation is 1. The molecule has 0 radical (unpaired) electrons. The number of hydrogen-bond acceptors (Lipinski definition) is 6. The van der Waals surface area contributed by atoms with Crippen molar-refractivity contribution in [2.75, 3.05) is 13.1 Å². The predicted molar refractivity (Wildman–Crippen MR) is 77.4 cm³/mol. The zero-order valence-corrected chi connectivity index (χ0v) is 13.2. The topological polar surface area (TPSA) is 119 Å². The van der Waals surface area contributed by atoms with E-state index in [1.54, 1.807) is 0 Å². The molecule has 1 aliphatic heterocycles. The third kappa shape index (κ3) is 3.48. The van der Waals surface area contributed by atoms with E-state index < -0.39 is 34.2 Å². The minimum Gasteiger partial charge on any atom is -0.336 e. The van der Waals surface area contributed by atoms with Crippen molar-refractivity contribution < 1.29 is 27.7 Å². The van der Waals surface area contributed by atoms with Gasteiger partial charge in [-0.1, -0.05) is 0 Å². The molecule has 1 fully saturated rings. The first-order chi connectivity index (χ1) is 11.6. The number of carbonyl (C=O) groups is 2. The van der Waals surface area contributed by atoms with E-state index in [0.717, 1.165) is 10.9 Å². The van der Waals surface area contributed by atoms with Crippen LogP contribution in [0.4, 0.5) is 18.9 Å². The molecule has 2 rings (SSSR count). The van der Waals surface area contributed by atoms with E-state index in [1.807, 2.05) is 5.32 Å². The normalized spacial score (nSPS) is 24.4. The standard InChI is InChI=1S/C13H16F3N5O4/c1-20-10(9(6-18-20)21(24)25)12(19-11(23)13(14,15)16)3-5-17-4-2-8(12)7-22/h6-8,17H,2-5H2,1H3,(H,19,23)/t8?,12-/m1/s1. The summed E-state index contributed by atoms with van der Waals surface area (Å²) in [7, 11) is 1.31. The summed E-state index contributed by atoms with van der Waals surface area (Å²) in [6, 6.07) is 0. The molecule has 2 N–H and O–H groups in total. The second-order valence-corrected chi connectivity index (χ2v) is 5.71. The number of aromatic nitrogens is 2. The highest BCUT2D eigenvalue weighted by Gasteiger charge is 2.52. The lowest BCUT2D eigenvalue weighted by Gasteiger charge is -2.37. The summed E-state index contributed by atoms with van der Waals surface area (Å²) in [6.45, 7) is 0.476. The zero-order chi connectivity index (χ0) is 18.8. The second-order valence-electron chi connectivity index (χ2n) is 5.71. The van der Waals surface area contributed by atoms with Gasteiger partial charge >= 0.3 is 17.8 Å². The van der Waals surface area contributed by atoms with Crippen molar-refractivity contribution >= 4 is 17.9 Å². The monoisotopic (exact) mass is 363 g/mol. The summed E-state index contributed by atoms with van der Waals surface area (Å²) < 4.78 is 39.5. The lowest BCUT2D eigenvalue weighted by atomic mass is 9.77. The number of halogens is 3. The first-order valence-electron chi connectivity index (χ1n) is 7.35. The molecule has 25 heavy (non-hydrogen) atoms. The van der Waals surface area contributed by atoms with Gasteiger partial charge in [0.1, 0.15) is 18.2 Å². The molecule has 9 nitrogen and oxygen atoms in total. The summed E-state index contributed by atoms with van der Waals surface area (Å²) in [5, 5.41) is 19.8. The Kier molecular flexibility index (Phi) is 5.11. The van der Waals surface area contributed by atoms with Crippen molar-refractivity contribution in [2.24, 2.45) is 13.0 Å². The van der Waals surface area contributed by atoms with Crippen LogP contribution in [0.3, 0.4) is 0 Å². The molecule has 1 aromatic rings. The molecule has 0 aliphatic carbocycles.